The Labute approximate surface area is 227 Å². The van der Waals surface area contributed by atoms with Crippen molar-refractivity contribution in [2.75, 3.05) is 7.11 Å². The van der Waals surface area contributed by atoms with Crippen LogP contribution in [0.15, 0.2) is 71.8 Å². The lowest BCUT2D eigenvalue weighted by atomic mass is 10.0. The molecule has 9 heteroatoms. The number of rotatable bonds is 10. The number of ether oxygens (including phenoxy) is 1. The van der Waals surface area contributed by atoms with Gasteiger partial charge in [-0.05, 0) is 52.4 Å². The fraction of sp³-hybridized carbons (Fsp3) is 0.300. The van der Waals surface area contributed by atoms with E-state index < -0.39 is 0 Å². The van der Waals surface area contributed by atoms with Crippen LogP contribution in [0.5, 0.6) is 5.75 Å². The van der Waals surface area contributed by atoms with Gasteiger partial charge in [0.1, 0.15) is 5.75 Å². The number of benzene rings is 2. The molecule has 0 amide bonds. The predicted molar refractivity (Wildman–Crippen MR) is 151 cm³/mol. The lowest BCUT2D eigenvalue weighted by Gasteiger charge is -2.16. The summed E-state index contributed by atoms with van der Waals surface area (Å²) < 4.78 is 9.30. The fourth-order valence-corrected chi connectivity index (χ4v) is 4.89. The Bertz CT molecular complexity index is 1600. The Morgan fingerprint density at radius 3 is 2.51 bits per heavy atom. The second-order valence-corrected chi connectivity index (χ2v) is 9.86. The van der Waals surface area contributed by atoms with Gasteiger partial charge in [-0.15, -0.1) is 5.10 Å². The molecular formula is C30H33N7O2. The van der Waals surface area contributed by atoms with Crippen molar-refractivity contribution in [3.8, 4) is 34.1 Å². The molecule has 2 aromatic carbocycles. The standard InChI is InChI=1S/C30H33N7O2/c1-5-6-10-22-19-37(28-23(20(2)3)13-9-14-27(28)39-4)30(38)36(22)18-21-15-16-26(31-17-21)24-11-7-8-12-25(24)29-32-34-35-33-29/h7-9,11-17,19-20H,5-6,10,18H2,1-4H3,(H,32,33,34,35). The minimum atomic E-state index is -0.0836. The van der Waals surface area contributed by atoms with Crippen LogP contribution in [0.4, 0.5) is 0 Å². The van der Waals surface area contributed by atoms with E-state index in [2.05, 4.69) is 47.5 Å². The van der Waals surface area contributed by atoms with Crippen molar-refractivity contribution in [3.63, 3.8) is 0 Å². The Balaban J connectivity index is 1.52. The van der Waals surface area contributed by atoms with Crippen molar-refractivity contribution in [1.82, 2.24) is 34.7 Å². The first-order valence-electron chi connectivity index (χ1n) is 13.3. The van der Waals surface area contributed by atoms with Gasteiger partial charge < -0.3 is 4.74 Å². The van der Waals surface area contributed by atoms with Crippen molar-refractivity contribution in [3.05, 3.63) is 94.3 Å². The van der Waals surface area contributed by atoms with Crippen molar-refractivity contribution in [1.29, 1.82) is 0 Å². The predicted octanol–water partition coefficient (Wildman–Crippen LogP) is 5.40. The normalized spacial score (nSPS) is 11.3. The van der Waals surface area contributed by atoms with Crippen molar-refractivity contribution < 1.29 is 4.74 Å². The summed E-state index contributed by atoms with van der Waals surface area (Å²) in [4.78, 5) is 18.6. The molecule has 3 heterocycles. The highest BCUT2D eigenvalue weighted by Gasteiger charge is 2.20. The van der Waals surface area contributed by atoms with Gasteiger partial charge in [0.05, 0.1) is 25.0 Å². The summed E-state index contributed by atoms with van der Waals surface area (Å²) in [5, 5.41) is 14.3. The van der Waals surface area contributed by atoms with Crippen LogP contribution in [0.25, 0.3) is 28.3 Å². The van der Waals surface area contributed by atoms with Crippen LogP contribution in [-0.2, 0) is 13.0 Å². The maximum absolute atomic E-state index is 13.9. The Morgan fingerprint density at radius 1 is 1.03 bits per heavy atom. The van der Waals surface area contributed by atoms with E-state index in [0.717, 1.165) is 58.6 Å². The molecule has 0 spiro atoms. The number of imidazole rings is 1. The van der Waals surface area contributed by atoms with Crippen LogP contribution in [-0.4, -0.2) is 41.9 Å². The van der Waals surface area contributed by atoms with Crippen molar-refractivity contribution in [2.45, 2.75) is 52.5 Å². The summed E-state index contributed by atoms with van der Waals surface area (Å²) in [6.45, 7) is 6.84. The number of para-hydroxylation sites is 1. The highest BCUT2D eigenvalue weighted by atomic mass is 16.5. The zero-order chi connectivity index (χ0) is 27.4. The summed E-state index contributed by atoms with van der Waals surface area (Å²) in [7, 11) is 1.65. The van der Waals surface area contributed by atoms with Crippen LogP contribution in [0, 0.1) is 0 Å². The maximum atomic E-state index is 13.9. The van der Waals surface area contributed by atoms with E-state index >= 15 is 0 Å². The number of nitrogens with one attached hydrogen (secondary N) is 1. The summed E-state index contributed by atoms with van der Waals surface area (Å²) in [6, 6.07) is 17.8. The average molecular weight is 524 g/mol. The molecule has 0 saturated carbocycles. The fourth-order valence-electron chi connectivity index (χ4n) is 4.89. The number of pyridine rings is 1. The molecule has 0 fully saturated rings. The van der Waals surface area contributed by atoms with E-state index in [1.54, 1.807) is 11.7 Å². The molecule has 5 aromatic rings. The SMILES string of the molecule is CCCCc1cn(-c2c(OC)cccc2C(C)C)c(=O)n1Cc1ccc(-c2ccccc2-c2nnn[nH]2)nc1. The molecular weight excluding hydrogens is 490 g/mol. The van der Waals surface area contributed by atoms with E-state index in [-0.39, 0.29) is 11.6 Å². The lowest BCUT2D eigenvalue weighted by molar-refractivity contribution is 0.411. The second-order valence-electron chi connectivity index (χ2n) is 9.86. The minimum Gasteiger partial charge on any atom is -0.495 e. The Kier molecular flexibility index (Phi) is 7.67. The highest BCUT2D eigenvalue weighted by Crippen LogP contribution is 2.31. The Morgan fingerprint density at radius 2 is 1.85 bits per heavy atom. The van der Waals surface area contributed by atoms with Gasteiger partial charge in [0, 0.05) is 29.2 Å². The van der Waals surface area contributed by atoms with Crippen LogP contribution < -0.4 is 10.4 Å². The largest absolute Gasteiger partial charge is 0.495 e. The molecule has 1 N–H and O–H groups in total. The zero-order valence-electron chi connectivity index (χ0n) is 22.8. The molecule has 0 atom stereocenters. The minimum absolute atomic E-state index is 0.0836. The van der Waals surface area contributed by atoms with Gasteiger partial charge >= 0.3 is 5.69 Å². The van der Waals surface area contributed by atoms with E-state index in [0.29, 0.717) is 18.1 Å². The number of methoxy groups -OCH3 is 1. The molecule has 0 unspecified atom stereocenters. The first kappa shape index (κ1) is 26.1. The van der Waals surface area contributed by atoms with Gasteiger partial charge in [-0.3, -0.25) is 14.1 Å². The number of hydrogen-bond donors (Lipinski definition) is 1. The second kappa shape index (κ2) is 11.5. The summed E-state index contributed by atoms with van der Waals surface area (Å²) >= 11 is 0. The van der Waals surface area contributed by atoms with Crippen molar-refractivity contribution in [2.24, 2.45) is 0 Å². The number of H-pyrrole nitrogens is 1. The molecule has 0 bridgehead atoms. The van der Waals surface area contributed by atoms with Crippen LogP contribution in [0.3, 0.4) is 0 Å². The first-order valence-corrected chi connectivity index (χ1v) is 13.3. The third-order valence-corrected chi connectivity index (χ3v) is 6.93. The molecule has 3 aromatic heterocycles. The van der Waals surface area contributed by atoms with E-state index in [1.165, 1.54) is 0 Å². The van der Waals surface area contributed by atoms with Gasteiger partial charge in [0.25, 0.3) is 0 Å². The van der Waals surface area contributed by atoms with Gasteiger partial charge in [-0.25, -0.2) is 9.89 Å². The first-order chi connectivity index (χ1) is 19.0. The smallest absolute Gasteiger partial charge is 0.333 e. The van der Waals surface area contributed by atoms with E-state index in [4.69, 9.17) is 9.72 Å². The number of aromatic nitrogens is 7. The molecule has 0 aliphatic carbocycles. The molecule has 0 aliphatic heterocycles. The quantitative estimate of drug-likeness (QED) is 0.263. The number of hydrogen-bond acceptors (Lipinski definition) is 6. The van der Waals surface area contributed by atoms with E-state index in [1.807, 2.05) is 65.5 Å². The third-order valence-electron chi connectivity index (χ3n) is 6.93. The molecule has 39 heavy (non-hydrogen) atoms. The molecule has 0 aliphatic rings. The molecule has 9 nitrogen and oxygen atoms in total. The summed E-state index contributed by atoms with van der Waals surface area (Å²) in [6.07, 6.45) is 6.67. The number of unbranched alkanes of at least 4 members (excludes halogenated alkanes) is 1. The number of aromatic amines is 1. The topological polar surface area (TPSA) is 104 Å². The Hall–Kier alpha value is -4.53. The molecule has 200 valence electrons. The average Bonchev–Trinajstić information content (AvgIpc) is 3.61. The van der Waals surface area contributed by atoms with Gasteiger partial charge in [-0.1, -0.05) is 69.7 Å². The van der Waals surface area contributed by atoms with Gasteiger partial charge in [0.2, 0.25) is 0 Å². The zero-order valence-corrected chi connectivity index (χ0v) is 22.8. The molecule has 5 rings (SSSR count). The number of aryl methyl sites for hydroxylation is 1. The lowest BCUT2D eigenvalue weighted by Crippen LogP contribution is -2.25. The van der Waals surface area contributed by atoms with Gasteiger partial charge in [-0.2, -0.15) is 0 Å². The highest BCUT2D eigenvalue weighted by molar-refractivity contribution is 5.78. The van der Waals surface area contributed by atoms with Crippen molar-refractivity contribution >= 4 is 0 Å². The maximum Gasteiger partial charge on any atom is 0.333 e. The van der Waals surface area contributed by atoms with Crippen LogP contribution >= 0.6 is 0 Å². The van der Waals surface area contributed by atoms with Crippen LogP contribution in [0.1, 0.15) is 56.4 Å². The number of tetrazole rings is 1. The summed E-state index contributed by atoms with van der Waals surface area (Å²) in [5.41, 5.74) is 6.33. The third kappa shape index (κ3) is 5.25. The molecule has 0 radical (unpaired) electrons. The monoisotopic (exact) mass is 523 g/mol. The van der Waals surface area contributed by atoms with E-state index in [9.17, 15) is 4.79 Å². The summed E-state index contributed by atoms with van der Waals surface area (Å²) in [5.74, 6) is 1.51. The number of nitrogens with zero attached hydrogens (tertiary/aromatic N) is 6. The molecule has 0 saturated heterocycles. The van der Waals surface area contributed by atoms with Gasteiger partial charge in [0.15, 0.2) is 5.82 Å². The van der Waals surface area contributed by atoms with Crippen LogP contribution in [0.2, 0.25) is 0 Å².